The predicted octanol–water partition coefficient (Wildman–Crippen LogP) is 2.94. The van der Waals surface area contributed by atoms with E-state index in [1.165, 1.54) is 38.5 Å². The number of aliphatic hydroxyl groups is 1. The van der Waals surface area contributed by atoms with Crippen molar-refractivity contribution in [2.75, 3.05) is 0 Å². The smallest absolute Gasteiger partial charge is 0.748 e. The standard InChI is InChI=1S/C21H44O4S.K/c1-3-5-7-9-10-14-18-21(26(23,24)25)19-15-11-13-17-20(22)16-12-8-6-4-2;/h20-22H,3-19H2,1-2H3,(H,23,24,25);/q;+1/p-1. The van der Waals surface area contributed by atoms with Crippen molar-refractivity contribution in [2.45, 2.75) is 134 Å². The Labute approximate surface area is 211 Å². The molecule has 4 nitrogen and oxygen atoms in total. The van der Waals surface area contributed by atoms with Gasteiger partial charge in [0, 0.05) is 5.25 Å². The first-order chi connectivity index (χ1) is 12.4. The zero-order valence-electron chi connectivity index (χ0n) is 18.3. The minimum Gasteiger partial charge on any atom is -0.748 e. The van der Waals surface area contributed by atoms with Crippen LogP contribution in [0.4, 0.5) is 0 Å². The largest absolute Gasteiger partial charge is 1.00 e. The SMILES string of the molecule is CCCCCCCCC(CCCCCC(O)CCCCCC)S(=O)(=O)[O-].[K+]. The number of aliphatic hydroxyl groups excluding tert-OH is 1. The van der Waals surface area contributed by atoms with Gasteiger partial charge in [-0.15, -0.1) is 0 Å². The van der Waals surface area contributed by atoms with Crippen LogP contribution >= 0.6 is 0 Å². The molecule has 6 heteroatoms. The summed E-state index contributed by atoms with van der Waals surface area (Å²) in [6.07, 6.45) is 16.3. The molecule has 0 amide bonds. The Morgan fingerprint density at radius 2 is 1.00 bits per heavy atom. The van der Waals surface area contributed by atoms with Gasteiger partial charge in [0.1, 0.15) is 0 Å². The molecular weight excluding hydrogens is 387 g/mol. The van der Waals surface area contributed by atoms with Crippen molar-refractivity contribution in [3.8, 4) is 0 Å². The van der Waals surface area contributed by atoms with E-state index < -0.39 is 15.4 Å². The van der Waals surface area contributed by atoms with Crippen molar-refractivity contribution >= 4 is 10.1 Å². The van der Waals surface area contributed by atoms with Crippen LogP contribution in [0.3, 0.4) is 0 Å². The Bertz CT molecular complexity index is 401. The average Bonchev–Trinajstić information content (AvgIpc) is 2.58. The molecule has 158 valence electrons. The summed E-state index contributed by atoms with van der Waals surface area (Å²) in [5, 5.41) is 9.23. The molecule has 0 aromatic rings. The number of hydrogen-bond donors (Lipinski definition) is 1. The normalized spacial score (nSPS) is 13.9. The Morgan fingerprint density at radius 1 is 0.667 bits per heavy atom. The fourth-order valence-electron chi connectivity index (χ4n) is 3.47. The van der Waals surface area contributed by atoms with E-state index in [-0.39, 0.29) is 57.5 Å². The van der Waals surface area contributed by atoms with E-state index in [2.05, 4.69) is 13.8 Å². The van der Waals surface area contributed by atoms with Gasteiger partial charge in [0.2, 0.25) is 0 Å². The van der Waals surface area contributed by atoms with Crippen molar-refractivity contribution in [3.05, 3.63) is 0 Å². The van der Waals surface area contributed by atoms with Crippen LogP contribution in [0.1, 0.15) is 123 Å². The third-order valence-electron chi connectivity index (χ3n) is 5.24. The summed E-state index contributed by atoms with van der Waals surface area (Å²) in [6, 6.07) is 0. The quantitative estimate of drug-likeness (QED) is 0.194. The maximum absolute atomic E-state index is 11.4. The van der Waals surface area contributed by atoms with Crippen LogP contribution in [0.15, 0.2) is 0 Å². The summed E-state index contributed by atoms with van der Waals surface area (Å²) in [6.45, 7) is 4.35. The average molecular weight is 431 g/mol. The van der Waals surface area contributed by atoms with E-state index in [0.29, 0.717) is 12.8 Å². The van der Waals surface area contributed by atoms with Gasteiger partial charge < -0.3 is 9.66 Å². The molecule has 0 aromatic carbocycles. The Balaban J connectivity index is 0. The van der Waals surface area contributed by atoms with Crippen molar-refractivity contribution in [1.29, 1.82) is 0 Å². The molecule has 27 heavy (non-hydrogen) atoms. The second-order valence-corrected chi connectivity index (χ2v) is 9.46. The molecular formula is C21H43KO4S. The Hall–Kier alpha value is 1.51. The first kappa shape index (κ1) is 30.7. The minimum absolute atomic E-state index is 0. The van der Waals surface area contributed by atoms with E-state index in [0.717, 1.165) is 57.8 Å². The van der Waals surface area contributed by atoms with Crippen LogP contribution in [-0.2, 0) is 10.1 Å². The van der Waals surface area contributed by atoms with Gasteiger partial charge in [0.25, 0.3) is 0 Å². The number of hydrogen-bond acceptors (Lipinski definition) is 4. The second-order valence-electron chi connectivity index (χ2n) is 7.81. The zero-order chi connectivity index (χ0) is 19.7. The molecule has 2 unspecified atom stereocenters. The molecule has 0 aliphatic carbocycles. The van der Waals surface area contributed by atoms with Crippen molar-refractivity contribution in [3.63, 3.8) is 0 Å². The van der Waals surface area contributed by atoms with E-state index in [9.17, 15) is 18.1 Å². The molecule has 0 aromatic heterocycles. The van der Waals surface area contributed by atoms with Gasteiger partial charge in [-0.2, -0.15) is 0 Å². The van der Waals surface area contributed by atoms with Crippen LogP contribution in [0, 0.1) is 0 Å². The van der Waals surface area contributed by atoms with Crippen LogP contribution in [0.25, 0.3) is 0 Å². The predicted molar refractivity (Wildman–Crippen MR) is 109 cm³/mol. The molecule has 0 bridgehead atoms. The molecule has 2 atom stereocenters. The number of rotatable bonds is 19. The van der Waals surface area contributed by atoms with Crippen LogP contribution < -0.4 is 51.4 Å². The van der Waals surface area contributed by atoms with Crippen LogP contribution in [0.5, 0.6) is 0 Å². The van der Waals surface area contributed by atoms with Crippen LogP contribution in [0.2, 0.25) is 0 Å². The zero-order valence-corrected chi connectivity index (χ0v) is 22.2. The minimum atomic E-state index is -4.18. The second kappa shape index (κ2) is 20.8. The van der Waals surface area contributed by atoms with E-state index in [4.69, 9.17) is 0 Å². The maximum Gasteiger partial charge on any atom is 1.00 e. The molecule has 0 heterocycles. The molecule has 0 fully saturated rings. The Kier molecular flexibility index (Phi) is 23.6. The first-order valence-corrected chi connectivity index (χ1v) is 12.5. The molecule has 0 aliphatic heterocycles. The van der Waals surface area contributed by atoms with Gasteiger partial charge in [-0.05, 0) is 25.7 Å². The van der Waals surface area contributed by atoms with Crippen molar-refractivity contribution in [1.82, 2.24) is 0 Å². The summed E-state index contributed by atoms with van der Waals surface area (Å²) in [5.74, 6) is 0. The van der Waals surface area contributed by atoms with Gasteiger partial charge >= 0.3 is 51.4 Å². The van der Waals surface area contributed by atoms with E-state index >= 15 is 0 Å². The van der Waals surface area contributed by atoms with Gasteiger partial charge in [-0.25, -0.2) is 8.42 Å². The van der Waals surface area contributed by atoms with Gasteiger partial charge in [0.15, 0.2) is 0 Å². The maximum atomic E-state index is 11.4. The summed E-state index contributed by atoms with van der Waals surface area (Å²) in [5.41, 5.74) is 0. The van der Waals surface area contributed by atoms with Gasteiger partial charge in [-0.3, -0.25) is 0 Å². The van der Waals surface area contributed by atoms with E-state index in [1.807, 2.05) is 0 Å². The van der Waals surface area contributed by atoms with Crippen molar-refractivity contribution < 1.29 is 69.5 Å². The Morgan fingerprint density at radius 3 is 1.44 bits per heavy atom. The topological polar surface area (TPSA) is 77.4 Å². The third-order valence-corrected chi connectivity index (χ3v) is 6.53. The fraction of sp³-hybridized carbons (Fsp3) is 1.00. The van der Waals surface area contributed by atoms with Gasteiger partial charge in [-0.1, -0.05) is 97.3 Å². The summed E-state index contributed by atoms with van der Waals surface area (Å²) in [4.78, 5) is 0. The summed E-state index contributed by atoms with van der Waals surface area (Å²) < 4.78 is 34.3. The van der Waals surface area contributed by atoms with E-state index in [1.54, 1.807) is 0 Å². The monoisotopic (exact) mass is 430 g/mol. The molecule has 0 saturated heterocycles. The molecule has 0 aliphatic rings. The van der Waals surface area contributed by atoms with Gasteiger partial charge in [0.05, 0.1) is 16.2 Å². The van der Waals surface area contributed by atoms with Crippen LogP contribution in [-0.4, -0.2) is 29.4 Å². The third kappa shape index (κ3) is 20.6. The summed E-state index contributed by atoms with van der Waals surface area (Å²) >= 11 is 0. The molecule has 1 N–H and O–H groups in total. The molecule has 0 saturated carbocycles. The fourth-order valence-corrected chi connectivity index (χ4v) is 4.38. The molecule has 0 spiro atoms. The summed E-state index contributed by atoms with van der Waals surface area (Å²) in [7, 11) is -4.18. The molecule has 0 radical (unpaired) electrons. The molecule has 0 rings (SSSR count). The first-order valence-electron chi connectivity index (χ1n) is 11.0. The van der Waals surface area contributed by atoms with Crippen molar-refractivity contribution in [2.24, 2.45) is 0 Å². The number of unbranched alkanes of at least 4 members (excludes halogenated alkanes) is 10.